The van der Waals surface area contributed by atoms with Crippen LogP contribution in [0.15, 0.2) is 53.1 Å². The molecule has 0 radical (unpaired) electrons. The average molecular weight is 378 g/mol. The Morgan fingerprint density at radius 1 is 1.11 bits per heavy atom. The van der Waals surface area contributed by atoms with Crippen molar-refractivity contribution in [1.82, 2.24) is 10.1 Å². The van der Waals surface area contributed by atoms with E-state index in [4.69, 9.17) is 9.26 Å². The zero-order chi connectivity index (χ0) is 20.1. The number of hydrogen-bond donors (Lipinski definition) is 0. The Balaban J connectivity index is 1.78. The normalized spacial score (nSPS) is 10.7. The van der Waals surface area contributed by atoms with Crippen molar-refractivity contribution in [3.05, 3.63) is 70.9 Å². The van der Waals surface area contributed by atoms with Gasteiger partial charge in [-0.2, -0.15) is 0 Å². The van der Waals surface area contributed by atoms with Gasteiger partial charge in [0.2, 0.25) is 0 Å². The summed E-state index contributed by atoms with van der Waals surface area (Å²) in [5, 5.41) is 4.19. The summed E-state index contributed by atoms with van der Waals surface area (Å²) in [6.07, 6.45) is 0.865. The first-order valence-electron chi connectivity index (χ1n) is 9.48. The molecule has 0 aliphatic heterocycles. The van der Waals surface area contributed by atoms with Crippen LogP contribution in [0.3, 0.4) is 0 Å². The monoisotopic (exact) mass is 378 g/mol. The summed E-state index contributed by atoms with van der Waals surface area (Å²) >= 11 is 0. The van der Waals surface area contributed by atoms with Gasteiger partial charge in [-0.25, -0.2) is 0 Å². The second kappa shape index (κ2) is 8.74. The molecule has 1 amide bonds. The van der Waals surface area contributed by atoms with Gasteiger partial charge in [-0.3, -0.25) is 4.79 Å². The molecule has 1 heterocycles. The van der Waals surface area contributed by atoms with Gasteiger partial charge in [0.1, 0.15) is 11.4 Å². The molecule has 0 bridgehead atoms. The highest BCUT2D eigenvalue weighted by atomic mass is 16.5. The summed E-state index contributed by atoms with van der Waals surface area (Å²) in [5.41, 5.74) is 4.74. The molecule has 0 saturated heterocycles. The van der Waals surface area contributed by atoms with E-state index in [0.717, 1.165) is 34.8 Å². The first kappa shape index (κ1) is 19.7. The third kappa shape index (κ3) is 4.42. The van der Waals surface area contributed by atoms with Crippen molar-refractivity contribution in [2.24, 2.45) is 0 Å². The standard InChI is InChI=1S/C23H26N2O3/c1-5-12-25(23(26)18-7-9-20(27-4)10-8-18)15-19-14-22(28-24-19)21-11-6-16(2)13-17(21)3/h6-11,13-14H,5,12,15H2,1-4H3. The van der Waals surface area contributed by atoms with E-state index in [9.17, 15) is 4.79 Å². The van der Waals surface area contributed by atoms with Crippen LogP contribution in [0.4, 0.5) is 0 Å². The Morgan fingerprint density at radius 3 is 2.50 bits per heavy atom. The lowest BCUT2D eigenvalue weighted by Gasteiger charge is -2.21. The summed E-state index contributed by atoms with van der Waals surface area (Å²) in [5.74, 6) is 1.43. The van der Waals surface area contributed by atoms with Crippen LogP contribution >= 0.6 is 0 Å². The molecule has 0 spiro atoms. The van der Waals surface area contributed by atoms with Crippen molar-refractivity contribution in [3.8, 4) is 17.1 Å². The highest BCUT2D eigenvalue weighted by Gasteiger charge is 2.18. The van der Waals surface area contributed by atoms with Gasteiger partial charge in [0.05, 0.1) is 13.7 Å². The lowest BCUT2D eigenvalue weighted by Crippen LogP contribution is -2.31. The van der Waals surface area contributed by atoms with E-state index in [0.29, 0.717) is 18.7 Å². The summed E-state index contributed by atoms with van der Waals surface area (Å²) in [6, 6.07) is 15.3. The Bertz CT molecular complexity index is 945. The fourth-order valence-electron chi connectivity index (χ4n) is 3.24. The molecule has 28 heavy (non-hydrogen) atoms. The summed E-state index contributed by atoms with van der Waals surface area (Å²) in [4.78, 5) is 14.7. The van der Waals surface area contributed by atoms with Crippen LogP contribution in [0.5, 0.6) is 5.75 Å². The number of carbonyl (C=O) groups excluding carboxylic acids is 1. The van der Waals surface area contributed by atoms with Gasteiger partial charge in [0.25, 0.3) is 5.91 Å². The van der Waals surface area contributed by atoms with Crippen molar-refractivity contribution < 1.29 is 14.1 Å². The van der Waals surface area contributed by atoms with Crippen LogP contribution in [-0.4, -0.2) is 29.6 Å². The molecule has 0 aliphatic rings. The van der Waals surface area contributed by atoms with Gasteiger partial charge in [-0.05, 0) is 50.1 Å². The van der Waals surface area contributed by atoms with Crippen LogP contribution in [0, 0.1) is 13.8 Å². The van der Waals surface area contributed by atoms with Crippen LogP contribution in [-0.2, 0) is 6.54 Å². The molecule has 0 aliphatic carbocycles. The Morgan fingerprint density at radius 2 is 1.86 bits per heavy atom. The molecule has 0 atom stereocenters. The molecule has 3 aromatic rings. The molecular weight excluding hydrogens is 352 g/mol. The third-order valence-electron chi connectivity index (χ3n) is 4.68. The number of hydrogen-bond acceptors (Lipinski definition) is 4. The van der Waals surface area contributed by atoms with Crippen LogP contribution < -0.4 is 4.74 Å². The number of methoxy groups -OCH3 is 1. The van der Waals surface area contributed by atoms with E-state index in [1.54, 1.807) is 36.3 Å². The molecule has 2 aromatic carbocycles. The topological polar surface area (TPSA) is 55.6 Å². The number of aromatic nitrogens is 1. The lowest BCUT2D eigenvalue weighted by molar-refractivity contribution is 0.0739. The minimum Gasteiger partial charge on any atom is -0.497 e. The van der Waals surface area contributed by atoms with E-state index in [2.05, 4.69) is 38.1 Å². The summed E-state index contributed by atoms with van der Waals surface area (Å²) < 4.78 is 10.7. The van der Waals surface area contributed by atoms with Gasteiger partial charge >= 0.3 is 0 Å². The second-order valence-electron chi connectivity index (χ2n) is 6.96. The molecule has 0 fully saturated rings. The molecular formula is C23H26N2O3. The van der Waals surface area contributed by atoms with Crippen molar-refractivity contribution >= 4 is 5.91 Å². The van der Waals surface area contributed by atoms with Gasteiger partial charge in [-0.15, -0.1) is 0 Å². The smallest absolute Gasteiger partial charge is 0.254 e. The van der Waals surface area contributed by atoms with Gasteiger partial charge < -0.3 is 14.2 Å². The van der Waals surface area contributed by atoms with Gasteiger partial charge in [-0.1, -0.05) is 35.8 Å². The average Bonchev–Trinajstić information content (AvgIpc) is 3.15. The third-order valence-corrected chi connectivity index (χ3v) is 4.68. The Hall–Kier alpha value is -3.08. The van der Waals surface area contributed by atoms with Crippen molar-refractivity contribution in [3.63, 3.8) is 0 Å². The van der Waals surface area contributed by atoms with Gasteiger partial charge in [0, 0.05) is 23.7 Å². The molecule has 5 nitrogen and oxygen atoms in total. The Kier molecular flexibility index (Phi) is 6.14. The largest absolute Gasteiger partial charge is 0.497 e. The van der Waals surface area contributed by atoms with Crippen LogP contribution in [0.1, 0.15) is 40.5 Å². The predicted molar refractivity (Wildman–Crippen MR) is 109 cm³/mol. The summed E-state index contributed by atoms with van der Waals surface area (Å²) in [7, 11) is 1.61. The first-order valence-corrected chi connectivity index (χ1v) is 9.48. The number of rotatable bonds is 7. The number of nitrogens with zero attached hydrogens (tertiary/aromatic N) is 2. The molecule has 0 saturated carbocycles. The lowest BCUT2D eigenvalue weighted by atomic mass is 10.0. The zero-order valence-electron chi connectivity index (χ0n) is 16.9. The van der Waals surface area contributed by atoms with E-state index >= 15 is 0 Å². The second-order valence-corrected chi connectivity index (χ2v) is 6.96. The van der Waals surface area contributed by atoms with Crippen molar-refractivity contribution in [2.45, 2.75) is 33.7 Å². The first-order chi connectivity index (χ1) is 13.5. The highest BCUT2D eigenvalue weighted by molar-refractivity contribution is 5.94. The minimum absolute atomic E-state index is 0.0273. The molecule has 146 valence electrons. The van der Waals surface area contributed by atoms with Crippen LogP contribution in [0.2, 0.25) is 0 Å². The maximum atomic E-state index is 12.9. The van der Waals surface area contributed by atoms with E-state index < -0.39 is 0 Å². The molecule has 5 heteroatoms. The van der Waals surface area contributed by atoms with Crippen LogP contribution in [0.25, 0.3) is 11.3 Å². The molecule has 0 unspecified atom stereocenters. The predicted octanol–water partition coefficient (Wildman–Crippen LogP) is 5.02. The van der Waals surface area contributed by atoms with E-state index in [1.807, 2.05) is 12.1 Å². The number of benzene rings is 2. The zero-order valence-corrected chi connectivity index (χ0v) is 16.9. The maximum Gasteiger partial charge on any atom is 0.254 e. The number of amides is 1. The molecule has 1 aromatic heterocycles. The van der Waals surface area contributed by atoms with Crippen molar-refractivity contribution in [2.75, 3.05) is 13.7 Å². The van der Waals surface area contributed by atoms with E-state index in [-0.39, 0.29) is 5.91 Å². The number of ether oxygens (including phenoxy) is 1. The fraction of sp³-hybridized carbons (Fsp3) is 0.304. The van der Waals surface area contributed by atoms with Crippen molar-refractivity contribution in [1.29, 1.82) is 0 Å². The number of aryl methyl sites for hydroxylation is 2. The van der Waals surface area contributed by atoms with E-state index in [1.165, 1.54) is 5.56 Å². The van der Waals surface area contributed by atoms with Gasteiger partial charge in [0.15, 0.2) is 5.76 Å². The number of carbonyl (C=O) groups is 1. The summed E-state index contributed by atoms with van der Waals surface area (Å²) in [6.45, 7) is 7.24. The quantitative estimate of drug-likeness (QED) is 0.579. The maximum absolute atomic E-state index is 12.9. The minimum atomic E-state index is -0.0273. The Labute approximate surface area is 165 Å². The molecule has 3 rings (SSSR count). The fourth-order valence-corrected chi connectivity index (χ4v) is 3.24. The molecule has 0 N–H and O–H groups in total. The SMILES string of the molecule is CCCN(Cc1cc(-c2ccc(C)cc2C)on1)C(=O)c1ccc(OC)cc1. The highest BCUT2D eigenvalue weighted by Crippen LogP contribution is 2.25.